The molecule has 2 rings (SSSR count). The Morgan fingerprint density at radius 3 is 2.56 bits per heavy atom. The minimum absolute atomic E-state index is 0.792. The number of hydrogen-bond donors (Lipinski definition) is 0. The molecule has 0 spiro atoms. The van der Waals surface area contributed by atoms with Crippen LogP contribution in [0.3, 0.4) is 0 Å². The van der Waals surface area contributed by atoms with Crippen molar-refractivity contribution in [3.05, 3.63) is 30.3 Å². The highest BCUT2D eigenvalue weighted by Gasteiger charge is 2.28. The molecule has 0 N–H and O–H groups in total. The van der Waals surface area contributed by atoms with Crippen LogP contribution in [0.2, 0.25) is 13.1 Å². The molecule has 86 valence electrons. The van der Waals surface area contributed by atoms with E-state index in [1.54, 1.807) is 0 Å². The van der Waals surface area contributed by atoms with Crippen molar-refractivity contribution >= 4 is 24.5 Å². The van der Waals surface area contributed by atoms with E-state index >= 15 is 0 Å². The van der Waals surface area contributed by atoms with Gasteiger partial charge < -0.3 is 8.99 Å². The van der Waals surface area contributed by atoms with Crippen LogP contribution in [-0.2, 0) is 11.5 Å². The zero-order valence-electron chi connectivity index (χ0n) is 10.4. The maximum Gasteiger partial charge on any atom is 0.234 e. The monoisotopic (exact) mass is 233 g/mol. The van der Waals surface area contributed by atoms with Crippen LogP contribution < -0.4 is 5.32 Å². The van der Waals surface area contributed by atoms with Crippen molar-refractivity contribution in [2.75, 3.05) is 6.61 Å². The van der Waals surface area contributed by atoms with Gasteiger partial charge in [0.1, 0.15) is 0 Å². The first-order valence-electron chi connectivity index (χ1n) is 5.75. The Balaban J connectivity index is 2.57. The largest absolute Gasteiger partial charge is 0.412 e. The summed E-state index contributed by atoms with van der Waals surface area (Å²) in [6.07, 6.45) is 0. The van der Waals surface area contributed by atoms with E-state index in [0.29, 0.717) is 0 Å². The summed E-state index contributed by atoms with van der Waals surface area (Å²) in [5.41, 5.74) is 1.29. The Labute approximate surface area is 98.0 Å². The fraction of sp³-hybridized carbons (Fsp3) is 0.385. The van der Waals surface area contributed by atoms with Crippen molar-refractivity contribution in [3.8, 4) is 0 Å². The van der Waals surface area contributed by atoms with Crippen molar-refractivity contribution < 1.29 is 4.43 Å². The fourth-order valence-electron chi connectivity index (χ4n) is 2.30. The number of aromatic nitrogens is 1. The van der Waals surface area contributed by atoms with Gasteiger partial charge in [-0.25, -0.2) is 0 Å². The smallest absolute Gasteiger partial charge is 0.234 e. The van der Waals surface area contributed by atoms with Crippen LogP contribution in [0.15, 0.2) is 30.3 Å². The van der Waals surface area contributed by atoms with Crippen molar-refractivity contribution in [1.82, 2.24) is 4.57 Å². The second-order valence-electron chi connectivity index (χ2n) is 4.59. The van der Waals surface area contributed by atoms with Gasteiger partial charge in [-0.15, -0.1) is 0 Å². The third-order valence-electron chi connectivity index (χ3n) is 3.07. The summed E-state index contributed by atoms with van der Waals surface area (Å²) in [6, 6.07) is 10.8. The average Bonchev–Trinajstić information content (AvgIpc) is 2.58. The summed E-state index contributed by atoms with van der Waals surface area (Å²) in [4.78, 5) is 0. The molecule has 0 saturated carbocycles. The minimum atomic E-state index is -1.74. The summed E-state index contributed by atoms with van der Waals surface area (Å²) in [6.45, 7) is 7.37. The van der Waals surface area contributed by atoms with E-state index in [1.807, 2.05) is 0 Å². The van der Waals surface area contributed by atoms with Gasteiger partial charge in [-0.3, -0.25) is 0 Å². The number of para-hydroxylation sites is 1. The van der Waals surface area contributed by atoms with E-state index in [9.17, 15) is 0 Å². The van der Waals surface area contributed by atoms with E-state index < -0.39 is 8.32 Å². The number of benzene rings is 1. The van der Waals surface area contributed by atoms with Gasteiger partial charge in [0, 0.05) is 24.5 Å². The molecule has 0 atom stereocenters. The van der Waals surface area contributed by atoms with Gasteiger partial charge in [0.25, 0.3) is 0 Å². The van der Waals surface area contributed by atoms with Gasteiger partial charge in [-0.2, -0.15) is 0 Å². The van der Waals surface area contributed by atoms with Crippen molar-refractivity contribution in [2.45, 2.75) is 20.0 Å². The lowest BCUT2D eigenvalue weighted by molar-refractivity contribution is 0.338. The van der Waals surface area contributed by atoms with Gasteiger partial charge in [0.15, 0.2) is 0 Å². The molecule has 0 aliphatic heterocycles. The molecule has 2 aromatic rings. The maximum absolute atomic E-state index is 5.94. The van der Waals surface area contributed by atoms with Crippen LogP contribution >= 0.6 is 0 Å². The molecular weight excluding hydrogens is 214 g/mol. The van der Waals surface area contributed by atoms with E-state index in [0.717, 1.165) is 6.61 Å². The molecule has 1 aromatic carbocycles. The summed E-state index contributed by atoms with van der Waals surface area (Å²) in [5.74, 6) is 0. The molecule has 0 amide bonds. The lowest BCUT2D eigenvalue weighted by Gasteiger charge is -2.22. The van der Waals surface area contributed by atoms with Crippen LogP contribution in [0.4, 0.5) is 0 Å². The van der Waals surface area contributed by atoms with Crippen LogP contribution in [0, 0.1) is 0 Å². The predicted molar refractivity (Wildman–Crippen MR) is 71.7 cm³/mol. The zero-order valence-corrected chi connectivity index (χ0v) is 11.4. The topological polar surface area (TPSA) is 14.2 Å². The quantitative estimate of drug-likeness (QED) is 0.743. The normalized spacial score (nSPS) is 12.2. The third kappa shape index (κ3) is 1.81. The summed E-state index contributed by atoms with van der Waals surface area (Å²) in [7, 11) is 0.386. The highest BCUT2D eigenvalue weighted by molar-refractivity contribution is 6.84. The molecule has 16 heavy (non-hydrogen) atoms. The molecule has 0 saturated heterocycles. The molecule has 0 aliphatic rings. The SMILES string of the molecule is CCO[Si](C)(C)c1cc2ccccc2n1C. The molecule has 1 heterocycles. The third-order valence-corrected chi connectivity index (χ3v) is 5.80. The van der Waals surface area contributed by atoms with E-state index in [1.165, 1.54) is 16.2 Å². The first-order valence-corrected chi connectivity index (χ1v) is 8.66. The number of fused-ring (bicyclic) bond motifs is 1. The van der Waals surface area contributed by atoms with Crippen LogP contribution in [0.1, 0.15) is 6.92 Å². The second-order valence-corrected chi connectivity index (χ2v) is 8.41. The van der Waals surface area contributed by atoms with Gasteiger partial charge in [-0.05, 0) is 37.5 Å². The molecule has 3 heteroatoms. The lowest BCUT2D eigenvalue weighted by Crippen LogP contribution is -2.48. The number of hydrogen-bond acceptors (Lipinski definition) is 1. The number of nitrogens with zero attached hydrogens (tertiary/aromatic N) is 1. The van der Waals surface area contributed by atoms with E-state index in [2.05, 4.69) is 62.0 Å². The Morgan fingerprint density at radius 2 is 1.94 bits per heavy atom. The molecule has 0 unspecified atom stereocenters. The zero-order chi connectivity index (χ0) is 11.8. The summed E-state index contributed by atoms with van der Waals surface area (Å²) in [5, 5.41) is 2.66. The van der Waals surface area contributed by atoms with Crippen LogP contribution in [-0.4, -0.2) is 19.5 Å². The van der Waals surface area contributed by atoms with E-state index in [4.69, 9.17) is 4.43 Å². The average molecular weight is 233 g/mol. The molecular formula is C13H19NOSi. The summed E-state index contributed by atoms with van der Waals surface area (Å²) < 4.78 is 8.22. The Bertz CT molecular complexity index is 502. The first-order chi connectivity index (χ1) is 7.56. The van der Waals surface area contributed by atoms with Gasteiger partial charge in [0.05, 0.1) is 0 Å². The Hall–Kier alpha value is -1.06. The molecule has 0 bridgehead atoms. The molecule has 0 aliphatic carbocycles. The van der Waals surface area contributed by atoms with Crippen LogP contribution in [0.5, 0.6) is 0 Å². The second kappa shape index (κ2) is 4.07. The first kappa shape index (κ1) is 11.4. The van der Waals surface area contributed by atoms with Crippen LogP contribution in [0.25, 0.3) is 10.9 Å². The lowest BCUT2D eigenvalue weighted by atomic mass is 10.2. The highest BCUT2D eigenvalue weighted by Crippen LogP contribution is 2.16. The Kier molecular flexibility index (Phi) is 2.91. The molecule has 2 nitrogen and oxygen atoms in total. The van der Waals surface area contributed by atoms with Crippen molar-refractivity contribution in [1.29, 1.82) is 0 Å². The molecule has 1 aromatic heterocycles. The van der Waals surface area contributed by atoms with E-state index in [-0.39, 0.29) is 0 Å². The fourth-order valence-corrected chi connectivity index (χ4v) is 4.60. The number of aryl methyl sites for hydroxylation is 1. The van der Waals surface area contributed by atoms with Crippen molar-refractivity contribution in [2.24, 2.45) is 7.05 Å². The number of rotatable bonds is 3. The van der Waals surface area contributed by atoms with Gasteiger partial charge in [-0.1, -0.05) is 18.2 Å². The maximum atomic E-state index is 5.94. The standard InChI is InChI=1S/C13H19NOSi/c1-5-15-16(3,4)13-10-11-8-6-7-9-12(11)14(13)2/h6-10H,5H2,1-4H3. The van der Waals surface area contributed by atoms with Gasteiger partial charge in [0.2, 0.25) is 8.32 Å². The summed E-state index contributed by atoms with van der Waals surface area (Å²) >= 11 is 0. The van der Waals surface area contributed by atoms with Crippen molar-refractivity contribution in [3.63, 3.8) is 0 Å². The predicted octanol–water partition coefficient (Wildman–Crippen LogP) is 2.63. The van der Waals surface area contributed by atoms with Gasteiger partial charge >= 0.3 is 0 Å². The minimum Gasteiger partial charge on any atom is -0.412 e. The molecule has 0 radical (unpaired) electrons. The highest BCUT2D eigenvalue weighted by atomic mass is 28.4. The Morgan fingerprint density at radius 1 is 1.25 bits per heavy atom. The molecule has 0 fully saturated rings.